The van der Waals surface area contributed by atoms with E-state index in [1.54, 1.807) is 60.7 Å². The lowest BCUT2D eigenvalue weighted by molar-refractivity contribution is 0.514. The minimum atomic E-state index is -0.862. The molecule has 0 amide bonds. The van der Waals surface area contributed by atoms with Gasteiger partial charge in [-0.1, -0.05) is 66.2 Å². The monoisotopic (exact) mass is 300 g/mol. The average Bonchev–Trinajstić information content (AvgIpc) is 2.51. The summed E-state index contributed by atoms with van der Waals surface area (Å²) in [5, 5.41) is 0.486. The van der Waals surface area contributed by atoms with Crippen molar-refractivity contribution in [1.82, 2.24) is 0 Å². The Hall–Kier alpha value is -2.19. The molecule has 3 aromatic carbocycles. The van der Waals surface area contributed by atoms with Gasteiger partial charge < -0.3 is 0 Å². The van der Waals surface area contributed by atoms with E-state index in [1.165, 1.54) is 0 Å². The molecule has 0 aliphatic heterocycles. The van der Waals surface area contributed by atoms with Crippen LogP contribution in [0.2, 0.25) is 5.02 Å². The second-order valence-electron chi connectivity index (χ2n) is 4.67. The van der Waals surface area contributed by atoms with E-state index in [1.807, 2.05) is 6.07 Å². The molecule has 0 saturated heterocycles. The topological polar surface area (TPSA) is 0 Å². The molecule has 0 heterocycles. The van der Waals surface area contributed by atoms with Crippen LogP contribution in [0.1, 0.15) is 0 Å². The summed E-state index contributed by atoms with van der Waals surface area (Å²) in [5.74, 6) is -1.71. The predicted octanol–water partition coefficient (Wildman–Crippen LogP) is 5.95. The molecular weight excluding hydrogens is 290 g/mol. The van der Waals surface area contributed by atoms with Gasteiger partial charge in [-0.05, 0) is 23.3 Å². The number of hydrogen-bond donors (Lipinski definition) is 0. The molecule has 3 rings (SSSR count). The van der Waals surface area contributed by atoms with Gasteiger partial charge >= 0.3 is 0 Å². The SMILES string of the molecule is Fc1c(-c2ccccc2)ccc(-c2cccc(Cl)c2)c1F. The third-order valence-corrected chi connectivity index (χ3v) is 3.54. The highest BCUT2D eigenvalue weighted by Gasteiger charge is 2.15. The van der Waals surface area contributed by atoms with E-state index >= 15 is 0 Å². The summed E-state index contributed by atoms with van der Waals surface area (Å²) < 4.78 is 28.7. The fourth-order valence-electron chi connectivity index (χ4n) is 2.27. The van der Waals surface area contributed by atoms with E-state index < -0.39 is 11.6 Å². The third-order valence-electron chi connectivity index (χ3n) is 3.30. The Morgan fingerprint density at radius 1 is 0.619 bits per heavy atom. The largest absolute Gasteiger partial charge is 0.203 e. The smallest absolute Gasteiger partial charge is 0.167 e. The fraction of sp³-hybridized carbons (Fsp3) is 0. The van der Waals surface area contributed by atoms with Gasteiger partial charge in [0.2, 0.25) is 0 Å². The highest BCUT2D eigenvalue weighted by atomic mass is 35.5. The van der Waals surface area contributed by atoms with Gasteiger partial charge in [0.15, 0.2) is 11.6 Å². The van der Waals surface area contributed by atoms with Crippen molar-refractivity contribution in [3.63, 3.8) is 0 Å². The number of halogens is 3. The van der Waals surface area contributed by atoms with Crippen molar-refractivity contribution in [2.24, 2.45) is 0 Å². The Bertz CT molecular complexity index is 782. The zero-order chi connectivity index (χ0) is 14.8. The second kappa shape index (κ2) is 5.66. The summed E-state index contributed by atoms with van der Waals surface area (Å²) >= 11 is 5.90. The standard InChI is InChI=1S/C18H11ClF2/c19-14-8-4-7-13(11-14)16-10-9-15(17(20)18(16)21)12-5-2-1-3-6-12/h1-11H. The van der Waals surface area contributed by atoms with Gasteiger partial charge in [0, 0.05) is 16.1 Å². The summed E-state index contributed by atoms with van der Waals surface area (Å²) in [6.45, 7) is 0. The molecule has 0 spiro atoms. The van der Waals surface area contributed by atoms with Crippen LogP contribution in [0.4, 0.5) is 8.78 Å². The Kier molecular flexibility index (Phi) is 3.72. The molecule has 0 aliphatic carbocycles. The van der Waals surface area contributed by atoms with Gasteiger partial charge in [-0.15, -0.1) is 0 Å². The zero-order valence-corrected chi connectivity index (χ0v) is 11.7. The molecule has 0 atom stereocenters. The molecule has 0 saturated carbocycles. The molecule has 0 fully saturated rings. The molecule has 3 heteroatoms. The van der Waals surface area contributed by atoms with E-state index in [9.17, 15) is 8.78 Å². The summed E-state index contributed by atoms with van der Waals surface area (Å²) in [4.78, 5) is 0. The minimum absolute atomic E-state index is 0.203. The average molecular weight is 301 g/mol. The highest BCUT2D eigenvalue weighted by Crippen LogP contribution is 2.32. The summed E-state index contributed by atoms with van der Waals surface area (Å²) in [5.41, 5.74) is 1.65. The zero-order valence-electron chi connectivity index (χ0n) is 11.0. The van der Waals surface area contributed by atoms with Crippen LogP contribution < -0.4 is 0 Å². The molecule has 0 N–H and O–H groups in total. The van der Waals surface area contributed by atoms with Crippen molar-refractivity contribution in [1.29, 1.82) is 0 Å². The van der Waals surface area contributed by atoms with E-state index in [0.29, 0.717) is 16.1 Å². The van der Waals surface area contributed by atoms with E-state index in [0.717, 1.165) is 0 Å². The molecule has 0 radical (unpaired) electrons. The highest BCUT2D eigenvalue weighted by molar-refractivity contribution is 6.30. The van der Waals surface area contributed by atoms with E-state index in [-0.39, 0.29) is 11.1 Å². The van der Waals surface area contributed by atoms with Crippen LogP contribution in [0.5, 0.6) is 0 Å². The second-order valence-corrected chi connectivity index (χ2v) is 5.10. The summed E-state index contributed by atoms with van der Waals surface area (Å²) in [6.07, 6.45) is 0. The van der Waals surface area contributed by atoms with Crippen molar-refractivity contribution >= 4 is 11.6 Å². The van der Waals surface area contributed by atoms with Crippen molar-refractivity contribution in [2.45, 2.75) is 0 Å². The van der Waals surface area contributed by atoms with Gasteiger partial charge in [0.05, 0.1) is 0 Å². The minimum Gasteiger partial charge on any atom is -0.203 e. The lowest BCUT2D eigenvalue weighted by Crippen LogP contribution is -1.93. The number of rotatable bonds is 2. The first-order chi connectivity index (χ1) is 10.2. The maximum atomic E-state index is 14.3. The van der Waals surface area contributed by atoms with Crippen LogP contribution in [-0.2, 0) is 0 Å². The number of benzene rings is 3. The Labute approximate surface area is 126 Å². The molecule has 0 aliphatic rings. The Morgan fingerprint density at radius 3 is 1.81 bits per heavy atom. The maximum absolute atomic E-state index is 14.3. The molecule has 0 bridgehead atoms. The Morgan fingerprint density at radius 2 is 1.19 bits per heavy atom. The normalized spacial score (nSPS) is 10.6. The molecule has 0 nitrogen and oxygen atoms in total. The van der Waals surface area contributed by atoms with Crippen LogP contribution >= 0.6 is 11.6 Å². The molecule has 21 heavy (non-hydrogen) atoms. The molecule has 0 unspecified atom stereocenters. The fourth-order valence-corrected chi connectivity index (χ4v) is 2.46. The van der Waals surface area contributed by atoms with Crippen molar-refractivity contribution in [3.8, 4) is 22.3 Å². The van der Waals surface area contributed by atoms with Gasteiger partial charge in [-0.2, -0.15) is 0 Å². The maximum Gasteiger partial charge on any atom is 0.167 e. The lowest BCUT2D eigenvalue weighted by Gasteiger charge is -2.09. The van der Waals surface area contributed by atoms with Crippen molar-refractivity contribution in [2.75, 3.05) is 0 Å². The molecule has 0 aromatic heterocycles. The van der Waals surface area contributed by atoms with Gasteiger partial charge in [-0.3, -0.25) is 0 Å². The molecule has 3 aromatic rings. The molecular formula is C18H11ClF2. The van der Waals surface area contributed by atoms with E-state index in [2.05, 4.69) is 0 Å². The van der Waals surface area contributed by atoms with Crippen LogP contribution in [0.3, 0.4) is 0 Å². The quantitative estimate of drug-likeness (QED) is 0.548. The summed E-state index contributed by atoms with van der Waals surface area (Å²) in [7, 11) is 0. The van der Waals surface area contributed by atoms with Crippen LogP contribution in [0, 0.1) is 11.6 Å². The van der Waals surface area contributed by atoms with Gasteiger partial charge in [-0.25, -0.2) is 8.78 Å². The van der Waals surface area contributed by atoms with Crippen molar-refractivity contribution < 1.29 is 8.78 Å². The first-order valence-electron chi connectivity index (χ1n) is 6.46. The summed E-state index contributed by atoms with van der Waals surface area (Å²) in [6, 6.07) is 18.8. The van der Waals surface area contributed by atoms with Crippen LogP contribution in [0.25, 0.3) is 22.3 Å². The first kappa shape index (κ1) is 13.8. The van der Waals surface area contributed by atoms with Crippen LogP contribution in [0.15, 0.2) is 66.7 Å². The van der Waals surface area contributed by atoms with Gasteiger partial charge in [0.1, 0.15) is 0 Å². The number of hydrogen-bond acceptors (Lipinski definition) is 0. The van der Waals surface area contributed by atoms with E-state index in [4.69, 9.17) is 11.6 Å². The third kappa shape index (κ3) is 2.67. The Balaban J connectivity index is 2.13. The van der Waals surface area contributed by atoms with Crippen molar-refractivity contribution in [3.05, 3.63) is 83.4 Å². The van der Waals surface area contributed by atoms with Gasteiger partial charge in [0.25, 0.3) is 0 Å². The lowest BCUT2D eigenvalue weighted by atomic mass is 9.99. The predicted molar refractivity (Wildman–Crippen MR) is 82.2 cm³/mol. The molecule has 104 valence electrons. The first-order valence-corrected chi connectivity index (χ1v) is 6.84. The van der Waals surface area contributed by atoms with Crippen LogP contribution in [-0.4, -0.2) is 0 Å².